The number of rotatable bonds is 7. The monoisotopic (exact) mass is 588 g/mol. The number of benzene rings is 2. The van der Waals surface area contributed by atoms with Crippen LogP contribution in [0.25, 0.3) is 10.8 Å². The molecular formula is C32H48N2O8. The maximum atomic E-state index is 14.0. The summed E-state index contributed by atoms with van der Waals surface area (Å²) in [6.07, 6.45) is 1.50. The zero-order valence-corrected chi connectivity index (χ0v) is 25.4. The van der Waals surface area contributed by atoms with Crippen molar-refractivity contribution in [3.05, 3.63) is 47.5 Å². The number of carbonyl (C=O) groups excluding carboxylic acids is 1. The van der Waals surface area contributed by atoms with Gasteiger partial charge in [-0.05, 0) is 55.4 Å². The molecule has 2 aliphatic rings. The van der Waals surface area contributed by atoms with Gasteiger partial charge in [0.25, 0.3) is 5.91 Å². The number of hydrogen-bond acceptors (Lipinski definition) is 9. The summed E-state index contributed by atoms with van der Waals surface area (Å²) in [5.74, 6) is 0.0108. The minimum absolute atomic E-state index is 0.0108. The second kappa shape index (κ2) is 17.8. The van der Waals surface area contributed by atoms with Crippen molar-refractivity contribution in [2.45, 2.75) is 18.4 Å². The average molecular weight is 589 g/mol. The molecule has 0 radical (unpaired) electrons. The van der Waals surface area contributed by atoms with E-state index >= 15 is 0 Å². The first-order chi connectivity index (χ1) is 20.6. The highest BCUT2D eigenvalue weighted by Gasteiger charge is 2.49. The topological polar surface area (TPSA) is 88.2 Å². The predicted octanol–water partition coefficient (Wildman–Crippen LogP) is 2.96. The highest BCUT2D eigenvalue weighted by Crippen LogP contribution is 2.44. The second-order valence-corrected chi connectivity index (χ2v) is 10.9. The largest absolute Gasteiger partial charge is 0.380 e. The summed E-state index contributed by atoms with van der Waals surface area (Å²) in [7, 11) is 4.07. The first-order valence-corrected chi connectivity index (χ1v) is 15.2. The zero-order valence-electron chi connectivity index (χ0n) is 25.4. The smallest absolute Gasteiger partial charge is 0.255 e. The second-order valence-electron chi connectivity index (χ2n) is 10.9. The fourth-order valence-corrected chi connectivity index (χ4v) is 5.41. The molecule has 1 amide bonds. The van der Waals surface area contributed by atoms with E-state index in [0.29, 0.717) is 105 Å². The molecule has 0 aliphatic carbocycles. The van der Waals surface area contributed by atoms with Gasteiger partial charge in [-0.2, -0.15) is 0 Å². The molecule has 1 unspecified atom stereocenters. The molecule has 2 aromatic rings. The van der Waals surface area contributed by atoms with E-state index in [1.807, 2.05) is 37.2 Å². The van der Waals surface area contributed by atoms with Gasteiger partial charge in [0.2, 0.25) is 0 Å². The van der Waals surface area contributed by atoms with Crippen LogP contribution in [-0.4, -0.2) is 135 Å². The van der Waals surface area contributed by atoms with Gasteiger partial charge in [0, 0.05) is 25.3 Å². The lowest BCUT2D eigenvalue weighted by Gasteiger charge is -2.39. The Morgan fingerprint density at radius 2 is 1.31 bits per heavy atom. The van der Waals surface area contributed by atoms with Crippen LogP contribution in [0.4, 0.5) is 0 Å². The van der Waals surface area contributed by atoms with E-state index in [9.17, 15) is 4.79 Å². The minimum Gasteiger partial charge on any atom is -0.380 e. The van der Waals surface area contributed by atoms with E-state index in [4.69, 9.17) is 33.2 Å². The fourth-order valence-electron chi connectivity index (χ4n) is 5.41. The summed E-state index contributed by atoms with van der Waals surface area (Å²) in [5, 5.41) is 2.16. The van der Waals surface area contributed by atoms with Crippen LogP contribution in [0.1, 0.15) is 28.8 Å². The number of carbonyl (C=O) groups is 1. The molecule has 1 fully saturated rings. The maximum Gasteiger partial charge on any atom is 0.255 e. The van der Waals surface area contributed by atoms with Crippen molar-refractivity contribution in [3.63, 3.8) is 0 Å². The molecule has 0 bridgehead atoms. The predicted molar refractivity (Wildman–Crippen MR) is 160 cm³/mol. The van der Waals surface area contributed by atoms with E-state index < -0.39 is 5.54 Å². The van der Waals surface area contributed by atoms with Crippen molar-refractivity contribution < 1.29 is 38.0 Å². The number of hydrogen-bond donors (Lipinski definition) is 0. The highest BCUT2D eigenvalue weighted by molar-refractivity contribution is 6.04. The first-order valence-electron chi connectivity index (χ1n) is 15.2. The van der Waals surface area contributed by atoms with Gasteiger partial charge in [-0.1, -0.05) is 24.3 Å². The molecule has 4 rings (SSSR count). The maximum absolute atomic E-state index is 14.0. The molecule has 2 aliphatic heterocycles. The van der Waals surface area contributed by atoms with Crippen LogP contribution in [0.3, 0.4) is 0 Å². The Labute approximate surface area is 250 Å². The van der Waals surface area contributed by atoms with Crippen LogP contribution in [-0.2, 0) is 38.7 Å². The SMILES string of the molecule is CN(C)CCOCCCC12COCCOCCOCCOCCOCCOCCN1C(=O)c1cc3ccccc3cc12. The van der Waals surface area contributed by atoms with Crippen molar-refractivity contribution in [1.29, 1.82) is 0 Å². The molecule has 0 N–H and O–H groups in total. The van der Waals surface area contributed by atoms with Crippen LogP contribution in [0.2, 0.25) is 0 Å². The Hall–Kier alpha value is -2.15. The number of amides is 1. The summed E-state index contributed by atoms with van der Waals surface area (Å²) in [6, 6.07) is 12.4. The number of ether oxygens (including phenoxy) is 7. The molecular weight excluding hydrogens is 540 g/mol. The lowest BCUT2D eigenvalue weighted by molar-refractivity contribution is -0.0372. The third-order valence-electron chi connectivity index (χ3n) is 7.60. The van der Waals surface area contributed by atoms with Gasteiger partial charge in [0.05, 0.1) is 91.4 Å². The van der Waals surface area contributed by atoms with Crippen LogP contribution >= 0.6 is 0 Å². The van der Waals surface area contributed by atoms with Crippen molar-refractivity contribution in [1.82, 2.24) is 9.80 Å². The van der Waals surface area contributed by atoms with E-state index in [-0.39, 0.29) is 5.91 Å². The van der Waals surface area contributed by atoms with Gasteiger partial charge in [-0.3, -0.25) is 4.79 Å². The number of likely N-dealkylation sites (N-methyl/N-ethyl adjacent to an activating group) is 1. The highest BCUT2D eigenvalue weighted by atomic mass is 16.6. The summed E-state index contributed by atoms with van der Waals surface area (Å²) >= 11 is 0. The molecule has 0 saturated carbocycles. The Morgan fingerprint density at radius 1 is 0.762 bits per heavy atom. The molecule has 234 valence electrons. The average Bonchev–Trinajstić information content (AvgIpc) is 3.20. The number of fused-ring (bicyclic) bond motifs is 4. The van der Waals surface area contributed by atoms with Crippen molar-refractivity contribution in [3.8, 4) is 0 Å². The van der Waals surface area contributed by atoms with Gasteiger partial charge in [0.1, 0.15) is 0 Å². The van der Waals surface area contributed by atoms with Crippen molar-refractivity contribution >= 4 is 16.7 Å². The zero-order chi connectivity index (χ0) is 29.5. The Morgan fingerprint density at radius 3 is 1.90 bits per heavy atom. The van der Waals surface area contributed by atoms with Crippen LogP contribution in [0, 0.1) is 0 Å². The van der Waals surface area contributed by atoms with Gasteiger partial charge >= 0.3 is 0 Å². The van der Waals surface area contributed by atoms with Crippen molar-refractivity contribution in [2.75, 3.05) is 120 Å². The molecule has 42 heavy (non-hydrogen) atoms. The standard InChI is InChI=1S/C32H48N2O8/c1-33(2)9-12-36-11-5-8-32-26-42-23-22-41-21-20-40-19-18-39-17-16-38-15-14-37-13-10-34(32)31(35)29-24-27-6-3-4-7-28(27)25-30(29)32/h3-4,6-7,24-25H,5,8-23,26H2,1-2H3. The van der Waals surface area contributed by atoms with E-state index in [2.05, 4.69) is 23.1 Å². The third-order valence-corrected chi connectivity index (χ3v) is 7.60. The summed E-state index contributed by atoms with van der Waals surface area (Å²) in [5.41, 5.74) is 1.10. The van der Waals surface area contributed by atoms with Crippen LogP contribution < -0.4 is 0 Å². The molecule has 0 spiro atoms. The van der Waals surface area contributed by atoms with Gasteiger partial charge in [0.15, 0.2) is 0 Å². The first kappa shape index (κ1) is 32.8. The molecule has 2 heterocycles. The minimum atomic E-state index is -0.638. The molecule has 10 heteroatoms. The molecule has 1 saturated heterocycles. The lowest BCUT2D eigenvalue weighted by Crippen LogP contribution is -2.49. The number of nitrogens with zero attached hydrogens (tertiary/aromatic N) is 2. The summed E-state index contributed by atoms with van der Waals surface area (Å²) in [6.45, 7) is 8.17. The Kier molecular flexibility index (Phi) is 13.9. The van der Waals surface area contributed by atoms with E-state index in [1.54, 1.807) is 0 Å². The normalized spacial score (nSPS) is 22.5. The van der Waals surface area contributed by atoms with Gasteiger partial charge in [-0.25, -0.2) is 0 Å². The van der Waals surface area contributed by atoms with E-state index in [0.717, 1.165) is 34.9 Å². The Bertz CT molecular complexity index is 1080. The van der Waals surface area contributed by atoms with E-state index in [1.165, 1.54) is 0 Å². The summed E-state index contributed by atoms with van der Waals surface area (Å²) < 4.78 is 40.6. The molecule has 1 atom stereocenters. The van der Waals surface area contributed by atoms with Gasteiger partial charge < -0.3 is 43.0 Å². The van der Waals surface area contributed by atoms with Crippen molar-refractivity contribution in [2.24, 2.45) is 0 Å². The molecule has 2 aromatic carbocycles. The van der Waals surface area contributed by atoms with Crippen LogP contribution in [0.15, 0.2) is 36.4 Å². The quantitative estimate of drug-likeness (QED) is 0.453. The third kappa shape index (κ3) is 9.42. The van der Waals surface area contributed by atoms with Gasteiger partial charge in [-0.15, -0.1) is 0 Å². The fraction of sp³-hybridized carbons (Fsp3) is 0.656. The lowest BCUT2D eigenvalue weighted by atomic mass is 9.84. The Balaban J connectivity index is 1.53. The summed E-state index contributed by atoms with van der Waals surface area (Å²) in [4.78, 5) is 18.1. The molecule has 10 nitrogen and oxygen atoms in total. The molecule has 0 aromatic heterocycles. The van der Waals surface area contributed by atoms with Crippen LogP contribution in [0.5, 0.6) is 0 Å².